The van der Waals surface area contributed by atoms with E-state index in [1.165, 1.54) is 4.90 Å². The van der Waals surface area contributed by atoms with Crippen LogP contribution in [0, 0.1) is 5.92 Å². The standard InChI is InChI=1S/C27H32N2O4S/c1-3-16(2)24(34)25(30)28-21-15-19-13-12-18(17-8-5-4-6-9-17)14-20(19)22-10-7-11-23(27(32)33)29(22)26(21)31/h4-6,8-9,12-14,16,21-24,34H,3,7,10-11,15H2,1-2H3,(H,28,30)(H,32,33)/t16-,21+,22-,23+,24+/m1/s1. The van der Waals surface area contributed by atoms with Crippen LogP contribution in [0.4, 0.5) is 0 Å². The maximum Gasteiger partial charge on any atom is 0.326 e. The van der Waals surface area contributed by atoms with Crippen molar-refractivity contribution in [3.63, 3.8) is 0 Å². The van der Waals surface area contributed by atoms with E-state index in [0.717, 1.165) is 35.1 Å². The van der Waals surface area contributed by atoms with Crippen LogP contribution < -0.4 is 5.32 Å². The van der Waals surface area contributed by atoms with Crippen LogP contribution in [0.5, 0.6) is 0 Å². The first-order valence-electron chi connectivity index (χ1n) is 12.0. The number of amides is 2. The number of carbonyl (C=O) groups excluding carboxylic acids is 2. The highest BCUT2D eigenvalue weighted by Crippen LogP contribution is 2.41. The number of nitrogens with one attached hydrogen (secondary N) is 1. The van der Waals surface area contributed by atoms with E-state index < -0.39 is 23.3 Å². The molecule has 0 aliphatic carbocycles. The van der Waals surface area contributed by atoms with E-state index in [1.54, 1.807) is 0 Å². The minimum absolute atomic E-state index is 0.0550. The van der Waals surface area contributed by atoms with Gasteiger partial charge in [0, 0.05) is 6.42 Å². The summed E-state index contributed by atoms with van der Waals surface area (Å²) in [6, 6.07) is 14.1. The second kappa shape index (κ2) is 10.2. The average Bonchev–Trinajstić information content (AvgIpc) is 2.97. The lowest BCUT2D eigenvalue weighted by atomic mass is 9.87. The monoisotopic (exact) mass is 480 g/mol. The van der Waals surface area contributed by atoms with Crippen LogP contribution in [0.15, 0.2) is 48.5 Å². The zero-order valence-electron chi connectivity index (χ0n) is 19.6. The first-order valence-corrected chi connectivity index (χ1v) is 12.5. The van der Waals surface area contributed by atoms with E-state index in [0.29, 0.717) is 19.3 Å². The third-order valence-electron chi connectivity index (χ3n) is 7.27. The van der Waals surface area contributed by atoms with Gasteiger partial charge in [-0.15, -0.1) is 0 Å². The van der Waals surface area contributed by atoms with Gasteiger partial charge in [0.25, 0.3) is 0 Å². The van der Waals surface area contributed by atoms with Gasteiger partial charge in [-0.25, -0.2) is 4.79 Å². The van der Waals surface area contributed by atoms with Gasteiger partial charge in [0.1, 0.15) is 12.1 Å². The Balaban J connectivity index is 1.75. The molecule has 0 saturated carbocycles. The molecular weight excluding hydrogens is 448 g/mol. The molecule has 5 atom stereocenters. The summed E-state index contributed by atoms with van der Waals surface area (Å²) < 4.78 is 0. The van der Waals surface area contributed by atoms with Crippen LogP contribution in [-0.4, -0.2) is 45.1 Å². The number of carbonyl (C=O) groups is 3. The molecule has 0 unspecified atom stereocenters. The normalized spacial score (nSPS) is 23.8. The molecular formula is C27H32N2O4S. The highest BCUT2D eigenvalue weighted by atomic mass is 32.1. The van der Waals surface area contributed by atoms with Crippen molar-refractivity contribution in [2.24, 2.45) is 5.92 Å². The van der Waals surface area contributed by atoms with Crippen molar-refractivity contribution in [2.75, 3.05) is 0 Å². The molecule has 2 aromatic rings. The van der Waals surface area contributed by atoms with Gasteiger partial charge in [-0.3, -0.25) is 9.59 Å². The number of fused-ring (bicyclic) bond motifs is 3. The fourth-order valence-corrected chi connectivity index (χ4v) is 5.38. The lowest BCUT2D eigenvalue weighted by Gasteiger charge is -2.40. The number of carboxylic acid groups (broad SMARTS) is 1. The van der Waals surface area contributed by atoms with Crippen LogP contribution in [-0.2, 0) is 20.8 Å². The predicted molar refractivity (Wildman–Crippen MR) is 135 cm³/mol. The van der Waals surface area contributed by atoms with E-state index >= 15 is 0 Å². The van der Waals surface area contributed by atoms with Crippen LogP contribution in [0.2, 0.25) is 0 Å². The minimum Gasteiger partial charge on any atom is -0.480 e. The van der Waals surface area contributed by atoms with Gasteiger partial charge in [0.2, 0.25) is 11.8 Å². The van der Waals surface area contributed by atoms with Crippen molar-refractivity contribution in [3.8, 4) is 11.1 Å². The number of nitrogens with zero attached hydrogens (tertiary/aromatic N) is 1. The fourth-order valence-electron chi connectivity index (χ4n) is 5.09. The van der Waals surface area contributed by atoms with Gasteiger partial charge in [0.15, 0.2) is 0 Å². The number of hydrogen-bond donors (Lipinski definition) is 3. The Kier molecular flexibility index (Phi) is 7.31. The lowest BCUT2D eigenvalue weighted by molar-refractivity contribution is -0.156. The summed E-state index contributed by atoms with van der Waals surface area (Å²) in [5.41, 5.74) is 4.03. The Labute approximate surface area is 206 Å². The van der Waals surface area contributed by atoms with Gasteiger partial charge in [-0.05, 0) is 53.5 Å². The predicted octanol–water partition coefficient (Wildman–Crippen LogP) is 4.25. The molecule has 2 aromatic carbocycles. The Morgan fingerprint density at radius 3 is 2.56 bits per heavy atom. The third kappa shape index (κ3) is 4.71. The number of rotatable bonds is 6. The van der Waals surface area contributed by atoms with E-state index in [2.05, 4.69) is 24.0 Å². The first kappa shape index (κ1) is 24.3. The fraction of sp³-hybridized carbons (Fsp3) is 0.444. The lowest BCUT2D eigenvalue weighted by Crippen LogP contribution is -2.56. The number of piperidine rings is 1. The van der Waals surface area contributed by atoms with Gasteiger partial charge in [0.05, 0.1) is 11.3 Å². The summed E-state index contributed by atoms with van der Waals surface area (Å²) in [5.74, 6) is -1.56. The Morgan fingerprint density at radius 2 is 1.88 bits per heavy atom. The smallest absolute Gasteiger partial charge is 0.326 e. The summed E-state index contributed by atoms with van der Waals surface area (Å²) in [5, 5.41) is 12.3. The molecule has 0 spiro atoms. The van der Waals surface area contributed by atoms with Crippen LogP contribution in [0.1, 0.15) is 56.7 Å². The summed E-state index contributed by atoms with van der Waals surface area (Å²) in [7, 11) is 0. The van der Waals surface area contributed by atoms with Crippen LogP contribution in [0.25, 0.3) is 11.1 Å². The highest BCUT2D eigenvalue weighted by molar-refractivity contribution is 7.81. The number of benzene rings is 2. The SMILES string of the molecule is CC[C@@H](C)[C@H](S)C(=O)N[C@H]1Cc2ccc(-c3ccccc3)cc2[C@H]2CCC[C@@H](C(=O)O)N2C1=O. The molecule has 2 N–H and O–H groups in total. The van der Waals surface area contributed by atoms with Gasteiger partial charge in [-0.2, -0.15) is 12.6 Å². The number of thiol groups is 1. The summed E-state index contributed by atoms with van der Waals surface area (Å²) >= 11 is 4.48. The molecule has 0 bridgehead atoms. The average molecular weight is 481 g/mol. The molecule has 34 heavy (non-hydrogen) atoms. The van der Waals surface area contributed by atoms with Crippen molar-refractivity contribution in [1.29, 1.82) is 0 Å². The second-order valence-corrected chi connectivity index (χ2v) is 9.98. The molecule has 0 aromatic heterocycles. The van der Waals surface area contributed by atoms with E-state index in [1.807, 2.05) is 56.3 Å². The highest BCUT2D eigenvalue weighted by Gasteiger charge is 2.45. The molecule has 2 heterocycles. The summed E-state index contributed by atoms with van der Waals surface area (Å²) in [6.07, 6.45) is 2.96. The van der Waals surface area contributed by atoms with Crippen LogP contribution >= 0.6 is 12.6 Å². The first-order chi connectivity index (χ1) is 16.3. The molecule has 4 rings (SSSR count). The number of aliphatic carboxylic acids is 1. The van der Waals surface area contributed by atoms with E-state index in [4.69, 9.17) is 0 Å². The van der Waals surface area contributed by atoms with Gasteiger partial charge in [-0.1, -0.05) is 62.7 Å². The van der Waals surface area contributed by atoms with Crippen molar-refractivity contribution >= 4 is 30.4 Å². The Morgan fingerprint density at radius 1 is 1.15 bits per heavy atom. The molecule has 1 saturated heterocycles. The molecule has 180 valence electrons. The number of carboxylic acids is 1. The maximum absolute atomic E-state index is 13.7. The largest absolute Gasteiger partial charge is 0.480 e. The molecule has 2 amide bonds. The van der Waals surface area contributed by atoms with E-state index in [9.17, 15) is 19.5 Å². The van der Waals surface area contributed by atoms with Gasteiger partial charge < -0.3 is 15.3 Å². The van der Waals surface area contributed by atoms with Crippen molar-refractivity contribution < 1.29 is 19.5 Å². The molecule has 0 radical (unpaired) electrons. The molecule has 2 aliphatic rings. The quantitative estimate of drug-likeness (QED) is 0.540. The maximum atomic E-state index is 13.7. The molecule has 1 fully saturated rings. The topological polar surface area (TPSA) is 86.7 Å². The van der Waals surface area contributed by atoms with Crippen molar-refractivity contribution in [3.05, 3.63) is 59.7 Å². The van der Waals surface area contributed by atoms with Crippen LogP contribution in [0.3, 0.4) is 0 Å². The molecule has 6 nitrogen and oxygen atoms in total. The zero-order valence-corrected chi connectivity index (χ0v) is 20.5. The Hall–Kier alpha value is -2.80. The van der Waals surface area contributed by atoms with E-state index in [-0.39, 0.29) is 23.8 Å². The molecule has 2 aliphatic heterocycles. The molecule has 7 heteroatoms. The third-order valence-corrected chi connectivity index (χ3v) is 8.01. The Bertz CT molecular complexity index is 1070. The minimum atomic E-state index is -1.00. The van der Waals surface area contributed by atoms with Crippen molar-refractivity contribution in [1.82, 2.24) is 10.2 Å². The van der Waals surface area contributed by atoms with Gasteiger partial charge >= 0.3 is 5.97 Å². The second-order valence-electron chi connectivity index (χ2n) is 9.42. The zero-order chi connectivity index (χ0) is 24.4. The number of hydrogen-bond acceptors (Lipinski definition) is 4. The van der Waals surface area contributed by atoms with Crippen molar-refractivity contribution in [2.45, 2.75) is 69.3 Å². The summed E-state index contributed by atoms with van der Waals surface area (Å²) in [6.45, 7) is 3.95. The summed E-state index contributed by atoms with van der Waals surface area (Å²) in [4.78, 5) is 40.3.